The largest absolute Gasteiger partial charge is 0.550 e. The van der Waals surface area contributed by atoms with E-state index in [9.17, 15) is 24.9 Å². The molecular weight excluding hydrogens is 356 g/mol. The second-order valence-electron chi connectivity index (χ2n) is 7.43. The molecule has 0 bridgehead atoms. The highest BCUT2D eigenvalue weighted by Gasteiger charge is 2.19. The van der Waals surface area contributed by atoms with Crippen molar-refractivity contribution in [2.45, 2.75) is 109 Å². The predicted molar refractivity (Wildman–Crippen MR) is 111 cm³/mol. The maximum Gasteiger partial charge on any atom is 0.135 e. The van der Waals surface area contributed by atoms with Gasteiger partial charge in [-0.2, -0.15) is 0 Å². The second kappa shape index (κ2) is 18.9. The second-order valence-corrected chi connectivity index (χ2v) is 7.43. The molecule has 0 aromatic heterocycles. The Morgan fingerprint density at radius 3 is 1.93 bits per heavy atom. The summed E-state index contributed by atoms with van der Waals surface area (Å²) in [7, 11) is 0. The molecule has 0 heterocycles. The van der Waals surface area contributed by atoms with Crippen LogP contribution in [0.1, 0.15) is 96.8 Å². The van der Waals surface area contributed by atoms with Gasteiger partial charge in [-0.3, -0.25) is 4.79 Å². The van der Waals surface area contributed by atoms with E-state index in [1.807, 2.05) is 0 Å². The number of aliphatic hydroxyl groups excluding tert-OH is 2. The fourth-order valence-electron chi connectivity index (χ4n) is 2.91. The van der Waals surface area contributed by atoms with Crippen LogP contribution in [0.3, 0.4) is 0 Å². The molecule has 5 heteroatoms. The Bertz CT molecular complexity index is 456. The number of aliphatic carboxylic acids is 1. The van der Waals surface area contributed by atoms with Crippen molar-refractivity contribution in [2.75, 3.05) is 0 Å². The summed E-state index contributed by atoms with van der Waals surface area (Å²) in [4.78, 5) is 22.1. The molecule has 0 saturated heterocycles. The third-order valence-electron chi connectivity index (χ3n) is 4.66. The maximum atomic E-state index is 11.7. The summed E-state index contributed by atoms with van der Waals surface area (Å²) in [5.74, 6) is -1.58. The first kappa shape index (κ1) is 26.5. The van der Waals surface area contributed by atoms with Gasteiger partial charge in [0.1, 0.15) is 5.78 Å². The molecule has 2 atom stereocenters. The topological polar surface area (TPSA) is 97.7 Å². The van der Waals surface area contributed by atoms with Gasteiger partial charge in [0, 0.05) is 25.2 Å². The third-order valence-corrected chi connectivity index (χ3v) is 4.66. The summed E-state index contributed by atoms with van der Waals surface area (Å²) in [6, 6.07) is 0. The molecule has 0 aliphatic rings. The van der Waals surface area contributed by atoms with Gasteiger partial charge in [-0.05, 0) is 38.5 Å². The standard InChI is InChI=1S/C23H40O5/c1-2-3-4-5-6-7-8-9-10-11-12-13-14-15-16-17-20(24)18-21(25)22(26)19-23(27)28/h6-7,9-10,21-22,25-26H,2-5,8,11-19H2,1H3,(H,27,28)/p-1/b7-6-,10-9-. The number of carboxylic acid groups (broad SMARTS) is 1. The van der Waals surface area contributed by atoms with Gasteiger partial charge in [0.25, 0.3) is 0 Å². The van der Waals surface area contributed by atoms with Crippen molar-refractivity contribution in [2.24, 2.45) is 0 Å². The molecule has 0 amide bonds. The molecule has 0 saturated carbocycles. The molecule has 2 N–H and O–H groups in total. The van der Waals surface area contributed by atoms with Gasteiger partial charge >= 0.3 is 0 Å². The number of rotatable bonds is 19. The SMILES string of the molecule is CCCCC/C=C\C/C=C\CCCCCCCC(=O)CC(O)C(O)CC(=O)[O-]. The zero-order valence-corrected chi connectivity index (χ0v) is 17.5. The van der Waals surface area contributed by atoms with Crippen LogP contribution in [0.15, 0.2) is 24.3 Å². The lowest BCUT2D eigenvalue weighted by Gasteiger charge is -2.17. The summed E-state index contributed by atoms with van der Waals surface area (Å²) in [6.07, 6.45) is 17.9. The molecule has 0 aliphatic carbocycles. The molecule has 0 aromatic rings. The highest BCUT2D eigenvalue weighted by atomic mass is 16.4. The number of carbonyl (C=O) groups is 2. The number of carboxylic acids is 1. The molecular formula is C23H39O5-. The van der Waals surface area contributed by atoms with Crippen LogP contribution < -0.4 is 5.11 Å². The monoisotopic (exact) mass is 395 g/mol. The van der Waals surface area contributed by atoms with Crippen LogP contribution in [-0.2, 0) is 9.59 Å². The minimum absolute atomic E-state index is 0.143. The lowest BCUT2D eigenvalue weighted by atomic mass is 10.0. The zero-order chi connectivity index (χ0) is 21.0. The van der Waals surface area contributed by atoms with Gasteiger partial charge in [-0.1, -0.05) is 63.3 Å². The van der Waals surface area contributed by atoms with E-state index in [1.54, 1.807) is 0 Å². The summed E-state index contributed by atoms with van der Waals surface area (Å²) in [6.45, 7) is 2.22. The van der Waals surface area contributed by atoms with Crippen LogP contribution >= 0.6 is 0 Å². The van der Waals surface area contributed by atoms with Gasteiger partial charge in [0.05, 0.1) is 12.2 Å². The normalized spacial score (nSPS) is 14.0. The van der Waals surface area contributed by atoms with Crippen LogP contribution in [0, 0.1) is 0 Å². The van der Waals surface area contributed by atoms with E-state index in [4.69, 9.17) is 0 Å². The number of Topliss-reactive ketones (excluding diaryl/α,β-unsaturated/α-hetero) is 1. The molecule has 0 fully saturated rings. The van der Waals surface area contributed by atoms with Crippen LogP contribution in [-0.4, -0.2) is 34.2 Å². The van der Waals surface area contributed by atoms with Crippen LogP contribution in [0.25, 0.3) is 0 Å². The average Bonchev–Trinajstić information content (AvgIpc) is 2.64. The molecule has 162 valence electrons. The van der Waals surface area contributed by atoms with Crippen molar-refractivity contribution in [3.05, 3.63) is 24.3 Å². The molecule has 0 aromatic carbocycles. The van der Waals surface area contributed by atoms with Gasteiger partial charge < -0.3 is 20.1 Å². The first-order chi connectivity index (χ1) is 13.5. The quantitative estimate of drug-likeness (QED) is 0.257. The van der Waals surface area contributed by atoms with E-state index in [1.165, 1.54) is 25.7 Å². The molecule has 0 aliphatic heterocycles. The van der Waals surface area contributed by atoms with Crippen molar-refractivity contribution in [3.63, 3.8) is 0 Å². The van der Waals surface area contributed by atoms with Gasteiger partial charge in [0.2, 0.25) is 0 Å². The van der Waals surface area contributed by atoms with E-state index >= 15 is 0 Å². The lowest BCUT2D eigenvalue weighted by Crippen LogP contribution is -2.35. The summed E-state index contributed by atoms with van der Waals surface area (Å²) in [5, 5.41) is 29.4. The van der Waals surface area contributed by atoms with Crippen molar-refractivity contribution in [1.29, 1.82) is 0 Å². The number of aliphatic hydroxyl groups is 2. The third kappa shape index (κ3) is 17.9. The lowest BCUT2D eigenvalue weighted by molar-refractivity contribution is -0.308. The Balaban J connectivity index is 3.50. The summed E-state index contributed by atoms with van der Waals surface area (Å²) in [5.41, 5.74) is 0. The minimum atomic E-state index is -1.45. The van der Waals surface area contributed by atoms with E-state index in [0.717, 1.165) is 44.9 Å². The van der Waals surface area contributed by atoms with Crippen molar-refractivity contribution >= 4 is 11.8 Å². The molecule has 0 radical (unpaired) electrons. The highest BCUT2D eigenvalue weighted by Crippen LogP contribution is 2.11. The van der Waals surface area contributed by atoms with Gasteiger partial charge in [0.15, 0.2) is 0 Å². The van der Waals surface area contributed by atoms with E-state index in [-0.39, 0.29) is 12.2 Å². The minimum Gasteiger partial charge on any atom is -0.550 e. The summed E-state index contributed by atoms with van der Waals surface area (Å²) < 4.78 is 0. The first-order valence-electron chi connectivity index (χ1n) is 10.8. The molecule has 2 unspecified atom stereocenters. The molecule has 28 heavy (non-hydrogen) atoms. The number of carbonyl (C=O) groups excluding carboxylic acids is 2. The average molecular weight is 396 g/mol. The Labute approximate surface area is 170 Å². The smallest absolute Gasteiger partial charge is 0.135 e. The molecule has 0 rings (SSSR count). The van der Waals surface area contributed by atoms with Crippen LogP contribution in [0.2, 0.25) is 0 Å². The fraction of sp³-hybridized carbons (Fsp3) is 0.739. The number of hydrogen-bond acceptors (Lipinski definition) is 5. The predicted octanol–water partition coefficient (Wildman–Crippen LogP) is 3.62. The van der Waals surface area contributed by atoms with Gasteiger partial charge in [-0.25, -0.2) is 0 Å². The van der Waals surface area contributed by atoms with E-state index in [2.05, 4.69) is 31.2 Å². The van der Waals surface area contributed by atoms with Crippen molar-refractivity contribution in [3.8, 4) is 0 Å². The fourth-order valence-corrected chi connectivity index (χ4v) is 2.91. The Morgan fingerprint density at radius 1 is 0.786 bits per heavy atom. The number of allylic oxidation sites excluding steroid dienone is 4. The van der Waals surface area contributed by atoms with Crippen LogP contribution in [0.4, 0.5) is 0 Å². The van der Waals surface area contributed by atoms with Crippen molar-refractivity contribution in [1.82, 2.24) is 0 Å². The van der Waals surface area contributed by atoms with Crippen molar-refractivity contribution < 1.29 is 24.9 Å². The van der Waals surface area contributed by atoms with E-state index < -0.39 is 24.6 Å². The summed E-state index contributed by atoms with van der Waals surface area (Å²) >= 11 is 0. The van der Waals surface area contributed by atoms with Gasteiger partial charge in [-0.15, -0.1) is 0 Å². The molecule has 5 nitrogen and oxygen atoms in total. The Kier molecular flexibility index (Phi) is 17.9. The Hall–Kier alpha value is -1.46. The maximum absolute atomic E-state index is 11.7. The van der Waals surface area contributed by atoms with Crippen LogP contribution in [0.5, 0.6) is 0 Å². The number of ketones is 1. The van der Waals surface area contributed by atoms with E-state index in [0.29, 0.717) is 6.42 Å². The highest BCUT2D eigenvalue weighted by molar-refractivity contribution is 5.79. The number of unbranched alkanes of at least 4 members (excludes halogenated alkanes) is 8. The zero-order valence-electron chi connectivity index (χ0n) is 17.5. The first-order valence-corrected chi connectivity index (χ1v) is 10.8. The molecule has 0 spiro atoms. The Morgan fingerprint density at radius 2 is 1.32 bits per heavy atom. The number of hydrogen-bond donors (Lipinski definition) is 2.